The van der Waals surface area contributed by atoms with Gasteiger partial charge in [-0.1, -0.05) is 12.2 Å². The Bertz CT molecular complexity index is 333. The summed E-state index contributed by atoms with van der Waals surface area (Å²) in [4.78, 5) is 3.95. The van der Waals surface area contributed by atoms with Crippen molar-refractivity contribution >= 4 is 5.69 Å². The van der Waals surface area contributed by atoms with Crippen molar-refractivity contribution in [1.29, 1.82) is 5.26 Å². The van der Waals surface area contributed by atoms with Gasteiger partial charge in [-0.3, -0.25) is 0 Å². The molecule has 0 atom stereocenters. The standard InChI is InChI=1S/C11H13N3/c1-2-3-4-7-13-11-6-5-10(8-12)14-9-11/h2-3,5-6,9,13H,4,7H2,1H3/b3-2+. The van der Waals surface area contributed by atoms with Crippen molar-refractivity contribution in [2.75, 3.05) is 11.9 Å². The maximum atomic E-state index is 8.53. The Balaban J connectivity index is 2.41. The third-order valence-corrected chi connectivity index (χ3v) is 1.75. The molecule has 14 heavy (non-hydrogen) atoms. The molecule has 3 heteroatoms. The van der Waals surface area contributed by atoms with E-state index >= 15 is 0 Å². The average molecular weight is 187 g/mol. The zero-order valence-corrected chi connectivity index (χ0v) is 8.20. The van der Waals surface area contributed by atoms with Crippen LogP contribution in [-0.2, 0) is 0 Å². The second-order valence-corrected chi connectivity index (χ2v) is 2.83. The van der Waals surface area contributed by atoms with Gasteiger partial charge >= 0.3 is 0 Å². The number of rotatable bonds is 4. The van der Waals surface area contributed by atoms with Gasteiger partial charge in [0.1, 0.15) is 11.8 Å². The molecule has 0 fully saturated rings. The fourth-order valence-electron chi connectivity index (χ4n) is 1.03. The highest BCUT2D eigenvalue weighted by molar-refractivity contribution is 5.42. The van der Waals surface area contributed by atoms with Gasteiger partial charge in [0.25, 0.3) is 0 Å². The number of aromatic nitrogens is 1. The molecular formula is C11H13N3. The Hall–Kier alpha value is -1.82. The molecule has 1 rings (SSSR count). The third kappa shape index (κ3) is 3.28. The molecule has 0 radical (unpaired) electrons. The van der Waals surface area contributed by atoms with Crippen molar-refractivity contribution in [3.8, 4) is 6.07 Å². The molecule has 1 N–H and O–H groups in total. The molecule has 0 bridgehead atoms. The summed E-state index contributed by atoms with van der Waals surface area (Å²) in [5, 5.41) is 11.7. The first-order valence-electron chi connectivity index (χ1n) is 4.58. The number of allylic oxidation sites excluding steroid dienone is 1. The molecule has 1 heterocycles. The Kier molecular flexibility index (Phi) is 4.22. The lowest BCUT2D eigenvalue weighted by Gasteiger charge is -2.02. The van der Waals surface area contributed by atoms with Crippen LogP contribution in [0.1, 0.15) is 19.0 Å². The van der Waals surface area contributed by atoms with E-state index in [2.05, 4.69) is 16.4 Å². The van der Waals surface area contributed by atoms with Crippen molar-refractivity contribution in [3.05, 3.63) is 36.2 Å². The second-order valence-electron chi connectivity index (χ2n) is 2.83. The van der Waals surface area contributed by atoms with Gasteiger partial charge in [-0.15, -0.1) is 0 Å². The van der Waals surface area contributed by atoms with Gasteiger partial charge in [0, 0.05) is 6.54 Å². The van der Waals surface area contributed by atoms with E-state index in [1.54, 1.807) is 12.3 Å². The fourth-order valence-corrected chi connectivity index (χ4v) is 1.03. The fraction of sp³-hybridized carbons (Fsp3) is 0.273. The first-order valence-corrected chi connectivity index (χ1v) is 4.58. The molecule has 0 aliphatic heterocycles. The van der Waals surface area contributed by atoms with Gasteiger partial charge in [-0.2, -0.15) is 5.26 Å². The summed E-state index contributed by atoms with van der Waals surface area (Å²) in [5.41, 5.74) is 1.40. The van der Waals surface area contributed by atoms with Crippen LogP contribution in [0.2, 0.25) is 0 Å². The van der Waals surface area contributed by atoms with Crippen LogP contribution >= 0.6 is 0 Å². The van der Waals surface area contributed by atoms with E-state index in [0.717, 1.165) is 18.7 Å². The monoisotopic (exact) mass is 187 g/mol. The van der Waals surface area contributed by atoms with Crippen LogP contribution < -0.4 is 5.32 Å². The molecule has 1 aromatic rings. The van der Waals surface area contributed by atoms with Crippen LogP contribution in [0.3, 0.4) is 0 Å². The molecule has 0 saturated heterocycles. The molecule has 0 unspecified atom stereocenters. The molecule has 1 aromatic heterocycles. The number of nitriles is 1. The van der Waals surface area contributed by atoms with E-state index in [1.165, 1.54) is 0 Å². The molecule has 0 aromatic carbocycles. The zero-order chi connectivity index (χ0) is 10.2. The number of pyridine rings is 1. The summed E-state index contributed by atoms with van der Waals surface area (Å²) >= 11 is 0. The quantitative estimate of drug-likeness (QED) is 0.581. The summed E-state index contributed by atoms with van der Waals surface area (Å²) in [6, 6.07) is 5.55. The SMILES string of the molecule is C/C=C/CCNc1ccc(C#N)nc1. The van der Waals surface area contributed by atoms with Gasteiger partial charge < -0.3 is 5.32 Å². The van der Waals surface area contributed by atoms with Crippen molar-refractivity contribution in [3.63, 3.8) is 0 Å². The van der Waals surface area contributed by atoms with E-state index in [-0.39, 0.29) is 0 Å². The number of nitrogens with one attached hydrogen (secondary N) is 1. The minimum absolute atomic E-state index is 0.448. The van der Waals surface area contributed by atoms with Crippen LogP contribution in [0.25, 0.3) is 0 Å². The summed E-state index contributed by atoms with van der Waals surface area (Å²) < 4.78 is 0. The van der Waals surface area contributed by atoms with Crippen molar-refractivity contribution in [2.45, 2.75) is 13.3 Å². The van der Waals surface area contributed by atoms with Crippen LogP contribution in [0.4, 0.5) is 5.69 Å². The molecule has 0 spiro atoms. The summed E-state index contributed by atoms with van der Waals surface area (Å²) in [6.07, 6.45) is 6.80. The van der Waals surface area contributed by atoms with E-state index in [0.29, 0.717) is 5.69 Å². The Morgan fingerprint density at radius 1 is 1.57 bits per heavy atom. The lowest BCUT2D eigenvalue weighted by Crippen LogP contribution is -2.00. The van der Waals surface area contributed by atoms with E-state index in [1.807, 2.05) is 25.1 Å². The number of hydrogen-bond acceptors (Lipinski definition) is 3. The molecule has 0 aliphatic carbocycles. The minimum Gasteiger partial charge on any atom is -0.383 e. The molecule has 72 valence electrons. The van der Waals surface area contributed by atoms with Crippen LogP contribution in [0.15, 0.2) is 30.5 Å². The van der Waals surface area contributed by atoms with E-state index in [9.17, 15) is 0 Å². The molecular weight excluding hydrogens is 174 g/mol. The molecule has 0 amide bonds. The van der Waals surface area contributed by atoms with Gasteiger partial charge in [-0.25, -0.2) is 4.98 Å². The van der Waals surface area contributed by atoms with Gasteiger partial charge in [0.05, 0.1) is 11.9 Å². The van der Waals surface area contributed by atoms with Crippen LogP contribution in [0, 0.1) is 11.3 Å². The molecule has 0 aliphatic rings. The average Bonchev–Trinajstić information content (AvgIpc) is 2.25. The maximum Gasteiger partial charge on any atom is 0.140 e. The van der Waals surface area contributed by atoms with Crippen molar-refractivity contribution < 1.29 is 0 Å². The maximum absolute atomic E-state index is 8.53. The number of nitrogens with zero attached hydrogens (tertiary/aromatic N) is 2. The van der Waals surface area contributed by atoms with Gasteiger partial charge in [0.2, 0.25) is 0 Å². The largest absolute Gasteiger partial charge is 0.383 e. The Morgan fingerprint density at radius 2 is 2.43 bits per heavy atom. The predicted octanol–water partition coefficient (Wildman–Crippen LogP) is 2.33. The summed E-state index contributed by atoms with van der Waals surface area (Å²) in [6.45, 7) is 2.89. The smallest absolute Gasteiger partial charge is 0.140 e. The highest BCUT2D eigenvalue weighted by atomic mass is 14.9. The van der Waals surface area contributed by atoms with Crippen molar-refractivity contribution in [2.24, 2.45) is 0 Å². The molecule has 3 nitrogen and oxygen atoms in total. The number of hydrogen-bond donors (Lipinski definition) is 1. The van der Waals surface area contributed by atoms with Crippen LogP contribution in [-0.4, -0.2) is 11.5 Å². The van der Waals surface area contributed by atoms with E-state index in [4.69, 9.17) is 5.26 Å². The minimum atomic E-state index is 0.448. The topological polar surface area (TPSA) is 48.7 Å². The first kappa shape index (κ1) is 10.3. The first-order chi connectivity index (χ1) is 6.86. The summed E-state index contributed by atoms with van der Waals surface area (Å²) in [5.74, 6) is 0. The zero-order valence-electron chi connectivity index (χ0n) is 8.20. The van der Waals surface area contributed by atoms with Gasteiger partial charge in [0.15, 0.2) is 0 Å². The highest BCUT2D eigenvalue weighted by Gasteiger charge is 1.92. The second kappa shape index (κ2) is 5.76. The normalized spacial score (nSPS) is 10.0. The lowest BCUT2D eigenvalue weighted by molar-refractivity contribution is 1.06. The number of anilines is 1. The van der Waals surface area contributed by atoms with E-state index < -0.39 is 0 Å². The third-order valence-electron chi connectivity index (χ3n) is 1.75. The Morgan fingerprint density at radius 3 is 3.00 bits per heavy atom. The van der Waals surface area contributed by atoms with Crippen molar-refractivity contribution in [1.82, 2.24) is 4.98 Å². The lowest BCUT2D eigenvalue weighted by atomic mass is 10.3. The Labute approximate surface area is 84.1 Å². The molecule has 0 saturated carbocycles. The predicted molar refractivity (Wildman–Crippen MR) is 56.9 cm³/mol. The highest BCUT2D eigenvalue weighted by Crippen LogP contribution is 2.05. The summed E-state index contributed by atoms with van der Waals surface area (Å²) in [7, 11) is 0. The van der Waals surface area contributed by atoms with Gasteiger partial charge in [-0.05, 0) is 25.5 Å². The van der Waals surface area contributed by atoms with Crippen LogP contribution in [0.5, 0.6) is 0 Å².